The van der Waals surface area contributed by atoms with Gasteiger partial charge < -0.3 is 9.72 Å². The Balaban J connectivity index is 2.30. The third kappa shape index (κ3) is 2.84. The summed E-state index contributed by atoms with van der Waals surface area (Å²) in [6.45, 7) is 6.07. The minimum Gasteiger partial charge on any atom is -0.461 e. The summed E-state index contributed by atoms with van der Waals surface area (Å²) in [6.07, 6.45) is 1.01. The van der Waals surface area contributed by atoms with Crippen LogP contribution >= 0.6 is 0 Å². The van der Waals surface area contributed by atoms with Gasteiger partial charge in [-0.05, 0) is 25.8 Å². The topological polar surface area (TPSA) is 55.0 Å². The van der Waals surface area contributed by atoms with Crippen molar-refractivity contribution < 1.29 is 9.53 Å². The highest BCUT2D eigenvalue weighted by Crippen LogP contribution is 2.19. The first-order valence-corrected chi connectivity index (χ1v) is 6.48. The summed E-state index contributed by atoms with van der Waals surface area (Å²) in [7, 11) is 0. The van der Waals surface area contributed by atoms with Gasteiger partial charge in [0.2, 0.25) is 0 Å². The lowest BCUT2D eigenvalue weighted by Crippen LogP contribution is -2.06. The highest BCUT2D eigenvalue weighted by atomic mass is 16.5. The van der Waals surface area contributed by atoms with Crippen molar-refractivity contribution in [2.24, 2.45) is 0 Å². The van der Waals surface area contributed by atoms with Gasteiger partial charge in [-0.2, -0.15) is 0 Å². The van der Waals surface area contributed by atoms with E-state index in [4.69, 9.17) is 4.74 Å². The minimum absolute atomic E-state index is 0.353. The number of carbonyl (C=O) groups is 1. The lowest BCUT2D eigenvalue weighted by Gasteiger charge is -1.99. The van der Waals surface area contributed by atoms with Crippen LogP contribution in [0.2, 0.25) is 0 Å². The number of imidazole rings is 1. The van der Waals surface area contributed by atoms with Crippen LogP contribution in [0.25, 0.3) is 11.4 Å². The second-order valence-electron chi connectivity index (χ2n) is 4.33. The molecule has 2 rings (SSSR count). The molecule has 0 atom stereocenters. The van der Waals surface area contributed by atoms with Crippen molar-refractivity contribution >= 4 is 5.97 Å². The number of rotatable bonds is 4. The van der Waals surface area contributed by atoms with E-state index in [0.717, 1.165) is 17.7 Å². The predicted molar refractivity (Wildman–Crippen MR) is 74.1 cm³/mol. The second-order valence-corrected chi connectivity index (χ2v) is 4.33. The van der Waals surface area contributed by atoms with Crippen LogP contribution in [0, 0.1) is 6.92 Å². The summed E-state index contributed by atoms with van der Waals surface area (Å²) in [6, 6.07) is 8.15. The van der Waals surface area contributed by atoms with E-state index in [0.29, 0.717) is 18.1 Å². The van der Waals surface area contributed by atoms with E-state index in [1.165, 1.54) is 5.56 Å². The van der Waals surface area contributed by atoms with Crippen molar-refractivity contribution in [3.05, 3.63) is 41.2 Å². The van der Waals surface area contributed by atoms with Crippen LogP contribution in [0.15, 0.2) is 24.3 Å². The number of esters is 1. The number of aromatic amines is 1. The Labute approximate surface area is 112 Å². The molecule has 0 amide bonds. The molecule has 0 fully saturated rings. The lowest BCUT2D eigenvalue weighted by atomic mass is 10.1. The Bertz CT molecular complexity index is 570. The van der Waals surface area contributed by atoms with Crippen LogP contribution in [-0.2, 0) is 11.2 Å². The number of nitrogens with one attached hydrogen (secondary N) is 1. The molecule has 1 heterocycles. The smallest absolute Gasteiger partial charge is 0.358 e. The molecule has 0 bridgehead atoms. The van der Waals surface area contributed by atoms with E-state index >= 15 is 0 Å². The van der Waals surface area contributed by atoms with E-state index in [-0.39, 0.29) is 5.97 Å². The molecule has 0 aliphatic carbocycles. The van der Waals surface area contributed by atoms with Gasteiger partial charge in [-0.3, -0.25) is 0 Å². The molecule has 0 unspecified atom stereocenters. The van der Waals surface area contributed by atoms with Crippen molar-refractivity contribution in [3.63, 3.8) is 0 Å². The SMILES string of the molecule is CCOC(=O)c1nc(-c2ccc(CC)cc2)[nH]c1C. The van der Waals surface area contributed by atoms with Crippen molar-refractivity contribution in [1.29, 1.82) is 0 Å². The van der Waals surface area contributed by atoms with Crippen molar-refractivity contribution in [1.82, 2.24) is 9.97 Å². The standard InChI is InChI=1S/C15H18N2O2/c1-4-11-6-8-12(9-7-11)14-16-10(3)13(17-14)15(18)19-5-2/h6-9H,4-5H2,1-3H3,(H,16,17). The van der Waals surface area contributed by atoms with E-state index < -0.39 is 0 Å². The fourth-order valence-electron chi connectivity index (χ4n) is 1.89. The second kappa shape index (κ2) is 5.69. The number of benzene rings is 1. The maximum Gasteiger partial charge on any atom is 0.358 e. The van der Waals surface area contributed by atoms with Gasteiger partial charge in [0.1, 0.15) is 5.82 Å². The summed E-state index contributed by atoms with van der Waals surface area (Å²) < 4.78 is 4.97. The molecular formula is C15H18N2O2. The van der Waals surface area contributed by atoms with Gasteiger partial charge in [0, 0.05) is 11.3 Å². The molecule has 0 saturated carbocycles. The highest BCUT2D eigenvalue weighted by Gasteiger charge is 2.16. The summed E-state index contributed by atoms with van der Waals surface area (Å²) in [5.41, 5.74) is 3.33. The predicted octanol–water partition coefficient (Wildman–Crippen LogP) is 3.12. The molecule has 19 heavy (non-hydrogen) atoms. The van der Waals surface area contributed by atoms with Crippen LogP contribution in [0.4, 0.5) is 0 Å². The van der Waals surface area contributed by atoms with E-state index in [1.807, 2.05) is 19.1 Å². The molecule has 2 aromatic rings. The van der Waals surface area contributed by atoms with Gasteiger partial charge >= 0.3 is 5.97 Å². The van der Waals surface area contributed by atoms with E-state index in [2.05, 4.69) is 29.0 Å². The molecule has 1 N–H and O–H groups in total. The third-order valence-electron chi connectivity index (χ3n) is 2.99. The molecule has 1 aromatic heterocycles. The van der Waals surface area contributed by atoms with Crippen LogP contribution in [0.3, 0.4) is 0 Å². The first-order valence-electron chi connectivity index (χ1n) is 6.48. The van der Waals surface area contributed by atoms with Gasteiger partial charge in [-0.25, -0.2) is 9.78 Å². The first-order chi connectivity index (χ1) is 9.15. The normalized spacial score (nSPS) is 10.5. The van der Waals surface area contributed by atoms with Crippen molar-refractivity contribution in [2.45, 2.75) is 27.2 Å². The summed E-state index contributed by atoms with van der Waals surface area (Å²) in [5, 5.41) is 0. The summed E-state index contributed by atoms with van der Waals surface area (Å²) >= 11 is 0. The van der Waals surface area contributed by atoms with Crippen LogP contribution in [0.5, 0.6) is 0 Å². The number of aryl methyl sites for hydroxylation is 2. The zero-order chi connectivity index (χ0) is 13.8. The average molecular weight is 258 g/mol. The average Bonchev–Trinajstić information content (AvgIpc) is 2.81. The number of ether oxygens (including phenoxy) is 1. The number of carbonyl (C=O) groups excluding carboxylic acids is 1. The van der Waals surface area contributed by atoms with Crippen molar-refractivity contribution in [2.75, 3.05) is 6.61 Å². The number of aromatic nitrogens is 2. The van der Waals surface area contributed by atoms with Crippen LogP contribution in [-0.4, -0.2) is 22.5 Å². The molecule has 1 aromatic carbocycles. The summed E-state index contributed by atoms with van der Waals surface area (Å²) in [4.78, 5) is 19.2. The number of nitrogens with zero attached hydrogens (tertiary/aromatic N) is 1. The molecule has 0 aliphatic rings. The zero-order valence-corrected chi connectivity index (χ0v) is 11.5. The Hall–Kier alpha value is -2.10. The maximum absolute atomic E-state index is 11.7. The van der Waals surface area contributed by atoms with Crippen molar-refractivity contribution in [3.8, 4) is 11.4 Å². The Morgan fingerprint density at radius 1 is 1.26 bits per heavy atom. The lowest BCUT2D eigenvalue weighted by molar-refractivity contribution is 0.0519. The maximum atomic E-state index is 11.7. The van der Waals surface area contributed by atoms with E-state index in [1.54, 1.807) is 6.92 Å². The van der Waals surface area contributed by atoms with E-state index in [9.17, 15) is 4.79 Å². The van der Waals surface area contributed by atoms with Crippen LogP contribution in [0.1, 0.15) is 35.6 Å². The quantitative estimate of drug-likeness (QED) is 0.857. The molecule has 100 valence electrons. The number of H-pyrrole nitrogens is 1. The molecule has 0 spiro atoms. The zero-order valence-electron chi connectivity index (χ0n) is 11.5. The molecule has 0 aliphatic heterocycles. The van der Waals surface area contributed by atoms with Gasteiger partial charge in [0.25, 0.3) is 0 Å². The number of hydrogen-bond donors (Lipinski definition) is 1. The van der Waals surface area contributed by atoms with Crippen LogP contribution < -0.4 is 0 Å². The molecular weight excluding hydrogens is 240 g/mol. The monoisotopic (exact) mass is 258 g/mol. The largest absolute Gasteiger partial charge is 0.461 e. The molecule has 0 radical (unpaired) electrons. The number of hydrogen-bond acceptors (Lipinski definition) is 3. The van der Waals surface area contributed by atoms with Gasteiger partial charge in [0.05, 0.1) is 6.61 Å². The van der Waals surface area contributed by atoms with Gasteiger partial charge in [-0.15, -0.1) is 0 Å². The Morgan fingerprint density at radius 3 is 2.53 bits per heavy atom. The fourth-order valence-corrected chi connectivity index (χ4v) is 1.89. The minimum atomic E-state index is -0.382. The third-order valence-corrected chi connectivity index (χ3v) is 2.99. The molecule has 4 nitrogen and oxygen atoms in total. The Morgan fingerprint density at radius 2 is 1.95 bits per heavy atom. The van der Waals surface area contributed by atoms with Gasteiger partial charge in [0.15, 0.2) is 5.69 Å². The molecule has 0 saturated heterocycles. The fraction of sp³-hybridized carbons (Fsp3) is 0.333. The molecule has 4 heteroatoms. The summed E-state index contributed by atoms with van der Waals surface area (Å²) in [5.74, 6) is 0.316. The van der Waals surface area contributed by atoms with Gasteiger partial charge in [-0.1, -0.05) is 31.2 Å². The highest BCUT2D eigenvalue weighted by molar-refractivity contribution is 5.89. The Kier molecular flexibility index (Phi) is 4.00. The first kappa shape index (κ1) is 13.3.